The molecule has 9 heteroatoms. The first-order valence-electron chi connectivity index (χ1n) is 8.78. The molecule has 0 aromatic carbocycles. The van der Waals surface area contributed by atoms with Gasteiger partial charge < -0.3 is 10.2 Å². The first kappa shape index (κ1) is 16.5. The van der Waals surface area contributed by atoms with Gasteiger partial charge in [-0.3, -0.25) is 9.89 Å². The number of aromatic amines is 1. The molecule has 136 valence electrons. The van der Waals surface area contributed by atoms with Crippen LogP contribution in [0.3, 0.4) is 0 Å². The van der Waals surface area contributed by atoms with Crippen molar-refractivity contribution in [3.63, 3.8) is 0 Å². The van der Waals surface area contributed by atoms with E-state index in [0.29, 0.717) is 5.78 Å². The highest BCUT2D eigenvalue weighted by Gasteiger charge is 2.24. The Morgan fingerprint density at radius 1 is 1.19 bits per heavy atom. The number of fused-ring (bicyclic) bond motifs is 1. The lowest BCUT2D eigenvalue weighted by molar-refractivity contribution is 0.0920. The van der Waals surface area contributed by atoms with Gasteiger partial charge in [0, 0.05) is 42.3 Å². The molecule has 0 spiro atoms. The molecule has 4 rings (SSSR count). The number of carbonyl (C=O) groups excluding carboxylic acids is 1. The molecule has 1 saturated heterocycles. The highest BCUT2D eigenvalue weighted by atomic mass is 16.2. The Balaban J connectivity index is 1.40. The Labute approximate surface area is 150 Å². The largest absolute Gasteiger partial charge is 0.355 e. The van der Waals surface area contributed by atoms with Gasteiger partial charge in [0.1, 0.15) is 0 Å². The molecule has 4 heterocycles. The number of hydrogen-bond acceptors (Lipinski definition) is 6. The summed E-state index contributed by atoms with van der Waals surface area (Å²) in [7, 11) is 0. The molecule has 26 heavy (non-hydrogen) atoms. The zero-order valence-corrected chi connectivity index (χ0v) is 15.2. The molecule has 0 saturated carbocycles. The van der Waals surface area contributed by atoms with Crippen molar-refractivity contribution in [2.75, 3.05) is 18.0 Å². The molecule has 0 atom stereocenters. The van der Waals surface area contributed by atoms with Gasteiger partial charge in [0.25, 0.3) is 11.7 Å². The van der Waals surface area contributed by atoms with E-state index in [2.05, 4.69) is 35.5 Å². The molecule has 0 radical (unpaired) electrons. The first-order valence-corrected chi connectivity index (χ1v) is 8.78. The third-order valence-electron chi connectivity index (χ3n) is 4.67. The topological polar surface area (TPSA) is 104 Å². The molecular formula is C17H22N8O. The van der Waals surface area contributed by atoms with E-state index in [9.17, 15) is 4.79 Å². The molecule has 0 aliphatic carbocycles. The number of nitrogens with zero attached hydrogens (tertiary/aromatic N) is 6. The molecule has 3 aromatic rings. The lowest BCUT2D eigenvalue weighted by Gasteiger charge is -2.32. The maximum Gasteiger partial charge on any atom is 0.291 e. The van der Waals surface area contributed by atoms with Crippen molar-refractivity contribution in [2.24, 2.45) is 0 Å². The summed E-state index contributed by atoms with van der Waals surface area (Å²) >= 11 is 0. The molecule has 3 aromatic heterocycles. The second-order valence-electron chi connectivity index (χ2n) is 6.83. The van der Waals surface area contributed by atoms with E-state index < -0.39 is 0 Å². The van der Waals surface area contributed by atoms with Gasteiger partial charge >= 0.3 is 0 Å². The second-order valence-corrected chi connectivity index (χ2v) is 6.83. The van der Waals surface area contributed by atoms with Crippen LogP contribution in [0.25, 0.3) is 5.78 Å². The van der Waals surface area contributed by atoms with E-state index in [4.69, 9.17) is 0 Å². The van der Waals surface area contributed by atoms with Gasteiger partial charge in [0.2, 0.25) is 5.82 Å². The van der Waals surface area contributed by atoms with Crippen molar-refractivity contribution in [3.05, 3.63) is 35.0 Å². The zero-order chi connectivity index (χ0) is 18.3. The van der Waals surface area contributed by atoms with Crippen LogP contribution in [0.5, 0.6) is 0 Å². The number of carbonyl (C=O) groups is 1. The van der Waals surface area contributed by atoms with E-state index >= 15 is 0 Å². The first-order chi connectivity index (χ1) is 12.5. The summed E-state index contributed by atoms with van der Waals surface area (Å²) < 4.78 is 1.60. The maximum absolute atomic E-state index is 12.5. The summed E-state index contributed by atoms with van der Waals surface area (Å²) in [6, 6.07) is 4.06. The number of H-pyrrole nitrogens is 1. The third kappa shape index (κ3) is 3.12. The van der Waals surface area contributed by atoms with E-state index in [1.54, 1.807) is 4.52 Å². The van der Waals surface area contributed by atoms with Gasteiger partial charge in [-0.15, -0.1) is 5.10 Å². The zero-order valence-electron chi connectivity index (χ0n) is 15.2. The lowest BCUT2D eigenvalue weighted by atomic mass is 10.1. The van der Waals surface area contributed by atoms with Crippen molar-refractivity contribution in [1.29, 1.82) is 0 Å². The average molecular weight is 354 g/mol. The third-order valence-corrected chi connectivity index (χ3v) is 4.67. The Kier molecular flexibility index (Phi) is 4.06. The number of anilines is 1. The Morgan fingerprint density at radius 2 is 1.96 bits per heavy atom. The van der Waals surface area contributed by atoms with Gasteiger partial charge in [0.15, 0.2) is 5.82 Å². The van der Waals surface area contributed by atoms with Crippen molar-refractivity contribution in [2.45, 2.75) is 39.7 Å². The van der Waals surface area contributed by atoms with Crippen LogP contribution in [-0.2, 0) is 0 Å². The molecular weight excluding hydrogens is 332 g/mol. The molecule has 1 aliphatic rings. The van der Waals surface area contributed by atoms with E-state index in [1.807, 2.05) is 32.9 Å². The number of aromatic nitrogens is 6. The number of amides is 1. The van der Waals surface area contributed by atoms with Crippen LogP contribution in [0.2, 0.25) is 0 Å². The molecule has 0 bridgehead atoms. The number of aryl methyl sites for hydroxylation is 3. The minimum absolute atomic E-state index is 0.112. The maximum atomic E-state index is 12.5. The van der Waals surface area contributed by atoms with Gasteiger partial charge in [-0.25, -0.2) is 9.50 Å². The molecule has 0 unspecified atom stereocenters. The smallest absolute Gasteiger partial charge is 0.291 e. The summed E-state index contributed by atoms with van der Waals surface area (Å²) in [5, 5.41) is 14.6. The fourth-order valence-corrected chi connectivity index (χ4v) is 3.33. The van der Waals surface area contributed by atoms with Crippen LogP contribution in [-0.4, -0.2) is 54.8 Å². The van der Waals surface area contributed by atoms with Crippen LogP contribution in [0.1, 0.15) is 40.5 Å². The Morgan fingerprint density at radius 3 is 2.65 bits per heavy atom. The van der Waals surface area contributed by atoms with E-state index in [0.717, 1.165) is 48.8 Å². The second kappa shape index (κ2) is 6.40. The molecule has 1 aliphatic heterocycles. The molecule has 9 nitrogen and oxygen atoms in total. The number of hydrogen-bond donors (Lipinski definition) is 2. The standard InChI is InChI=1S/C17H22N8O/c1-10-8-12(3)25-17(18-10)20-15(23-25)16(26)19-13-4-6-24(7-5-13)14-9-11(2)21-22-14/h8-9,13H,4-7H2,1-3H3,(H,19,26)(H,21,22). The number of nitrogens with one attached hydrogen (secondary N) is 2. The summed E-state index contributed by atoms with van der Waals surface area (Å²) in [6.07, 6.45) is 1.73. The SMILES string of the molecule is Cc1cc(C)n2nc(C(=O)NC3CCN(c4cc(C)[nH]n4)CC3)nc2n1. The van der Waals surface area contributed by atoms with Crippen LogP contribution in [0.15, 0.2) is 12.1 Å². The van der Waals surface area contributed by atoms with E-state index in [-0.39, 0.29) is 17.8 Å². The monoisotopic (exact) mass is 354 g/mol. The van der Waals surface area contributed by atoms with Crippen LogP contribution in [0, 0.1) is 20.8 Å². The highest BCUT2D eigenvalue weighted by Crippen LogP contribution is 2.18. The van der Waals surface area contributed by atoms with Crippen molar-refractivity contribution < 1.29 is 4.79 Å². The fourth-order valence-electron chi connectivity index (χ4n) is 3.33. The van der Waals surface area contributed by atoms with Crippen molar-refractivity contribution in [1.82, 2.24) is 35.1 Å². The van der Waals surface area contributed by atoms with Crippen LogP contribution < -0.4 is 10.2 Å². The lowest BCUT2D eigenvalue weighted by Crippen LogP contribution is -2.45. The number of piperidine rings is 1. The highest BCUT2D eigenvalue weighted by molar-refractivity contribution is 5.91. The molecule has 2 N–H and O–H groups in total. The Bertz CT molecular complexity index is 951. The van der Waals surface area contributed by atoms with Crippen LogP contribution in [0.4, 0.5) is 5.82 Å². The van der Waals surface area contributed by atoms with Crippen molar-refractivity contribution >= 4 is 17.5 Å². The normalized spacial score (nSPS) is 15.6. The summed E-state index contributed by atoms with van der Waals surface area (Å²) in [4.78, 5) is 23.3. The van der Waals surface area contributed by atoms with Crippen LogP contribution >= 0.6 is 0 Å². The summed E-state index contributed by atoms with van der Waals surface area (Å²) in [6.45, 7) is 7.52. The van der Waals surface area contributed by atoms with Gasteiger partial charge in [-0.1, -0.05) is 0 Å². The van der Waals surface area contributed by atoms with Gasteiger partial charge in [-0.2, -0.15) is 10.1 Å². The predicted molar refractivity (Wildman–Crippen MR) is 96.3 cm³/mol. The molecule has 1 amide bonds. The van der Waals surface area contributed by atoms with Gasteiger partial charge in [-0.05, 0) is 39.7 Å². The van der Waals surface area contributed by atoms with Crippen molar-refractivity contribution in [3.8, 4) is 0 Å². The predicted octanol–water partition coefficient (Wildman–Crippen LogP) is 1.17. The fraction of sp³-hybridized carbons (Fsp3) is 0.471. The minimum atomic E-state index is -0.249. The van der Waals surface area contributed by atoms with E-state index in [1.165, 1.54) is 0 Å². The molecule has 1 fully saturated rings. The van der Waals surface area contributed by atoms with Gasteiger partial charge in [0.05, 0.1) is 0 Å². The summed E-state index contributed by atoms with van der Waals surface area (Å²) in [5.74, 6) is 1.33. The average Bonchev–Trinajstić information content (AvgIpc) is 3.22. The Hall–Kier alpha value is -2.97. The number of rotatable bonds is 3. The quantitative estimate of drug-likeness (QED) is 0.732. The summed E-state index contributed by atoms with van der Waals surface area (Å²) in [5.41, 5.74) is 2.81. The minimum Gasteiger partial charge on any atom is -0.355 e.